The van der Waals surface area contributed by atoms with Crippen LogP contribution < -0.4 is 5.73 Å². The Morgan fingerprint density at radius 2 is 1.94 bits per heavy atom. The maximum Gasteiger partial charge on any atom is 0.211 e. The highest BCUT2D eigenvalue weighted by molar-refractivity contribution is 7.88. The van der Waals surface area contributed by atoms with Crippen molar-refractivity contribution in [3.05, 3.63) is 78.4 Å². The molecule has 3 aromatic heterocycles. The lowest BCUT2D eigenvalue weighted by atomic mass is 9.95. The predicted octanol–water partition coefficient (Wildman–Crippen LogP) is 3.52. The van der Waals surface area contributed by atoms with Crippen LogP contribution in [0.5, 0.6) is 0 Å². The highest BCUT2D eigenvalue weighted by Crippen LogP contribution is 2.37. The van der Waals surface area contributed by atoms with Gasteiger partial charge in [0.1, 0.15) is 11.8 Å². The number of hydrogen-bond donors (Lipinski definition) is 1. The summed E-state index contributed by atoms with van der Waals surface area (Å²) in [6.45, 7) is 1.67. The van der Waals surface area contributed by atoms with Crippen LogP contribution in [0.2, 0.25) is 0 Å². The second-order valence-electron chi connectivity index (χ2n) is 9.43. The largest absolute Gasteiger partial charge is 0.382 e. The average Bonchev–Trinajstić information content (AvgIpc) is 3.45. The molecule has 10 heteroatoms. The number of rotatable bonds is 5. The number of fused-ring (bicyclic) bond motifs is 2. The molecule has 1 aliphatic rings. The Hall–Kier alpha value is -3.76. The van der Waals surface area contributed by atoms with Crippen LogP contribution in [0.1, 0.15) is 30.0 Å². The Bertz CT molecular complexity index is 1680. The molecule has 0 aliphatic carbocycles. The molecule has 1 unspecified atom stereocenters. The summed E-state index contributed by atoms with van der Waals surface area (Å²) in [6.07, 6.45) is 6.44. The highest BCUT2D eigenvalue weighted by Gasteiger charge is 2.30. The van der Waals surface area contributed by atoms with E-state index in [1.165, 1.54) is 18.1 Å². The fourth-order valence-electron chi connectivity index (χ4n) is 5.17. The lowest BCUT2D eigenvalue weighted by molar-refractivity contribution is 0.312. The van der Waals surface area contributed by atoms with Crippen molar-refractivity contribution in [2.45, 2.75) is 25.3 Å². The van der Waals surface area contributed by atoms with E-state index < -0.39 is 10.0 Å². The van der Waals surface area contributed by atoms with Gasteiger partial charge in [0.25, 0.3) is 0 Å². The normalized spacial score (nSPS) is 17.2. The first kappa shape index (κ1) is 22.7. The molecule has 2 aromatic carbocycles. The van der Waals surface area contributed by atoms with Gasteiger partial charge in [0.2, 0.25) is 10.0 Å². The highest BCUT2D eigenvalue weighted by atomic mass is 32.2. The quantitative estimate of drug-likeness (QED) is 0.394. The van der Waals surface area contributed by atoms with Gasteiger partial charge in [-0.05, 0) is 36.1 Å². The number of piperidine rings is 1. The van der Waals surface area contributed by atoms with Crippen molar-refractivity contribution < 1.29 is 8.42 Å². The second kappa shape index (κ2) is 8.72. The van der Waals surface area contributed by atoms with E-state index in [1.54, 1.807) is 4.31 Å². The Kier molecular flexibility index (Phi) is 5.50. The molecule has 0 saturated carbocycles. The Morgan fingerprint density at radius 1 is 1.11 bits per heavy atom. The van der Waals surface area contributed by atoms with Crippen molar-refractivity contribution in [3.8, 4) is 11.1 Å². The first-order chi connectivity index (χ1) is 17.4. The minimum absolute atomic E-state index is 0.0119. The van der Waals surface area contributed by atoms with E-state index in [1.807, 2.05) is 27.4 Å². The molecule has 1 aliphatic heterocycles. The van der Waals surface area contributed by atoms with E-state index in [2.05, 4.69) is 52.7 Å². The van der Waals surface area contributed by atoms with Crippen LogP contribution in [-0.4, -0.2) is 56.4 Å². The van der Waals surface area contributed by atoms with E-state index in [-0.39, 0.29) is 5.92 Å². The first-order valence-electron chi connectivity index (χ1n) is 12.0. The molecule has 9 nitrogen and oxygen atoms in total. The van der Waals surface area contributed by atoms with E-state index in [0.717, 1.165) is 46.1 Å². The zero-order chi connectivity index (χ0) is 24.9. The summed E-state index contributed by atoms with van der Waals surface area (Å²) < 4.78 is 29.8. The molecule has 0 radical (unpaired) electrons. The number of nitrogens with two attached hydrogens (primary N) is 1. The van der Waals surface area contributed by atoms with Gasteiger partial charge < -0.3 is 5.73 Å². The number of aromatic nitrogens is 5. The number of nitrogen functional groups attached to an aromatic ring is 1. The topological polar surface area (TPSA) is 111 Å². The maximum absolute atomic E-state index is 12.2. The van der Waals surface area contributed by atoms with Gasteiger partial charge in [-0.3, -0.25) is 4.68 Å². The van der Waals surface area contributed by atoms with Crippen LogP contribution in [0.15, 0.2) is 67.1 Å². The number of hydrogen-bond acceptors (Lipinski definition) is 6. The monoisotopic (exact) mass is 501 g/mol. The molecule has 5 aromatic rings. The lowest BCUT2D eigenvalue weighted by Crippen LogP contribution is -2.38. The zero-order valence-electron chi connectivity index (χ0n) is 19.9. The van der Waals surface area contributed by atoms with Crippen LogP contribution >= 0.6 is 0 Å². The molecule has 1 fully saturated rings. The smallest absolute Gasteiger partial charge is 0.211 e. The summed E-state index contributed by atoms with van der Waals surface area (Å²) >= 11 is 0. The fraction of sp³-hybridized carbons (Fsp3) is 0.269. The van der Waals surface area contributed by atoms with Gasteiger partial charge in [0, 0.05) is 41.8 Å². The predicted molar refractivity (Wildman–Crippen MR) is 140 cm³/mol. The van der Waals surface area contributed by atoms with Crippen LogP contribution in [0.3, 0.4) is 0 Å². The summed E-state index contributed by atoms with van der Waals surface area (Å²) in [5.74, 6) is 0.398. The molecule has 0 spiro atoms. The van der Waals surface area contributed by atoms with Gasteiger partial charge in [0.05, 0.1) is 18.3 Å². The van der Waals surface area contributed by atoms with Gasteiger partial charge in [-0.1, -0.05) is 42.5 Å². The van der Waals surface area contributed by atoms with Crippen molar-refractivity contribution in [2.75, 3.05) is 25.1 Å². The molecule has 0 amide bonds. The summed E-state index contributed by atoms with van der Waals surface area (Å²) in [4.78, 5) is 4.24. The van der Waals surface area contributed by atoms with Gasteiger partial charge in [0.15, 0.2) is 5.82 Å². The van der Waals surface area contributed by atoms with Crippen LogP contribution in [-0.2, 0) is 16.6 Å². The van der Waals surface area contributed by atoms with Crippen molar-refractivity contribution in [1.29, 1.82) is 0 Å². The molecule has 184 valence electrons. The Morgan fingerprint density at radius 3 is 2.75 bits per heavy atom. The van der Waals surface area contributed by atoms with E-state index in [0.29, 0.717) is 25.5 Å². The summed E-state index contributed by atoms with van der Waals surface area (Å²) in [7, 11) is -3.26. The summed E-state index contributed by atoms with van der Waals surface area (Å²) in [5, 5.41) is 10.4. The van der Waals surface area contributed by atoms with E-state index >= 15 is 0 Å². The molecule has 1 atom stereocenters. The molecule has 0 bridgehead atoms. The third kappa shape index (κ3) is 4.12. The minimum Gasteiger partial charge on any atom is -0.382 e. The molecular formula is C26H27N7O2S. The van der Waals surface area contributed by atoms with Crippen LogP contribution in [0.4, 0.5) is 5.82 Å². The molecular weight excluding hydrogens is 474 g/mol. The molecule has 2 N–H and O–H groups in total. The van der Waals surface area contributed by atoms with Gasteiger partial charge >= 0.3 is 0 Å². The van der Waals surface area contributed by atoms with Crippen molar-refractivity contribution in [3.63, 3.8) is 0 Å². The first-order valence-corrected chi connectivity index (χ1v) is 13.8. The fourth-order valence-corrected chi connectivity index (χ4v) is 6.09. The van der Waals surface area contributed by atoms with Crippen molar-refractivity contribution >= 4 is 32.3 Å². The van der Waals surface area contributed by atoms with Crippen LogP contribution in [0, 0.1) is 0 Å². The Labute approximate surface area is 209 Å². The second-order valence-corrected chi connectivity index (χ2v) is 11.4. The zero-order valence-corrected chi connectivity index (χ0v) is 20.8. The standard InChI is InChI=1S/C26H27N7O2S/c1-36(34,35)32-11-5-8-21(16-32)24-13-22(25-26(27)28-17-29-33(24)25)19-9-10-20-15-31(30-23(20)12-19)14-18-6-3-2-4-7-18/h2-4,6-7,9-10,12-13,15,17,21H,5,8,11,14,16H2,1H3,(H2,27,28,29). The third-order valence-electron chi connectivity index (χ3n) is 6.93. The van der Waals surface area contributed by atoms with Gasteiger partial charge in [-0.2, -0.15) is 10.2 Å². The van der Waals surface area contributed by atoms with Gasteiger partial charge in [-0.25, -0.2) is 22.2 Å². The molecule has 1 saturated heterocycles. The van der Waals surface area contributed by atoms with E-state index in [4.69, 9.17) is 10.8 Å². The molecule has 36 heavy (non-hydrogen) atoms. The summed E-state index contributed by atoms with van der Waals surface area (Å²) in [5.41, 5.74) is 12.0. The molecule has 4 heterocycles. The van der Waals surface area contributed by atoms with Crippen LogP contribution in [0.25, 0.3) is 27.5 Å². The van der Waals surface area contributed by atoms with E-state index in [9.17, 15) is 8.42 Å². The number of anilines is 1. The molecule has 6 rings (SSSR count). The van der Waals surface area contributed by atoms with Crippen molar-refractivity contribution in [1.82, 2.24) is 28.7 Å². The third-order valence-corrected chi connectivity index (χ3v) is 8.20. The number of benzene rings is 2. The van der Waals surface area contributed by atoms with Gasteiger partial charge in [-0.15, -0.1) is 0 Å². The number of nitrogens with zero attached hydrogens (tertiary/aromatic N) is 6. The lowest BCUT2D eigenvalue weighted by Gasteiger charge is -2.30. The Balaban J connectivity index is 1.41. The van der Waals surface area contributed by atoms with Crippen molar-refractivity contribution in [2.24, 2.45) is 0 Å². The number of sulfonamides is 1. The average molecular weight is 502 g/mol. The maximum atomic E-state index is 12.2. The summed E-state index contributed by atoms with van der Waals surface area (Å²) in [6, 6.07) is 18.5. The SMILES string of the molecule is CS(=O)(=O)N1CCCC(c2cc(-c3ccc4cn(Cc5ccccc5)nc4c3)c3c(N)ncnn23)C1. The minimum atomic E-state index is -3.26.